The summed E-state index contributed by atoms with van der Waals surface area (Å²) < 4.78 is 0. The van der Waals surface area contributed by atoms with Crippen LogP contribution >= 0.6 is 0 Å². The third-order valence-corrected chi connectivity index (χ3v) is 3.92. The van der Waals surface area contributed by atoms with Crippen LogP contribution in [0.15, 0.2) is 116 Å². The molecule has 5 aliphatic heterocycles. The first-order valence-electron chi connectivity index (χ1n) is 7.74. The first kappa shape index (κ1) is 15.6. The SMILES string of the molecule is C1=CC2=NC1=CC1=NC(=CC3=NC(=CC4=NC(=C2)C=C4)C=C3)C=C1.[Mn+2]. The molecule has 8 bridgehead atoms. The van der Waals surface area contributed by atoms with Crippen molar-refractivity contribution in [2.24, 2.45) is 20.0 Å². The maximum Gasteiger partial charge on any atom is 2.00 e. The fourth-order valence-corrected chi connectivity index (χ4v) is 2.83. The van der Waals surface area contributed by atoms with Gasteiger partial charge in [-0.05, 0) is 72.9 Å². The molecule has 5 heterocycles. The van der Waals surface area contributed by atoms with E-state index in [2.05, 4.69) is 20.0 Å². The van der Waals surface area contributed by atoms with Gasteiger partial charge in [0, 0.05) is 0 Å². The number of hydrogen-bond acceptors (Lipinski definition) is 4. The molecule has 0 spiro atoms. The van der Waals surface area contributed by atoms with E-state index in [0.717, 1.165) is 45.6 Å². The Morgan fingerprint density at radius 3 is 0.840 bits per heavy atom. The predicted octanol–water partition coefficient (Wildman–Crippen LogP) is 3.58. The second-order valence-electron chi connectivity index (χ2n) is 5.76. The minimum Gasteiger partial charge on any atom is -0.249 e. The largest absolute Gasteiger partial charge is 2.00 e. The Morgan fingerprint density at radius 2 is 0.600 bits per heavy atom. The number of fused-ring (bicyclic) bond motifs is 4. The van der Waals surface area contributed by atoms with Crippen molar-refractivity contribution >= 4 is 22.8 Å². The molecule has 0 atom stereocenters. The van der Waals surface area contributed by atoms with E-state index in [0.29, 0.717) is 0 Å². The summed E-state index contributed by atoms with van der Waals surface area (Å²) in [7, 11) is 0. The van der Waals surface area contributed by atoms with Gasteiger partial charge in [0.2, 0.25) is 0 Å². The Morgan fingerprint density at radius 1 is 0.360 bits per heavy atom. The molecule has 0 fully saturated rings. The van der Waals surface area contributed by atoms with E-state index in [1.54, 1.807) is 0 Å². The molecule has 0 aliphatic carbocycles. The molecule has 117 valence electrons. The van der Waals surface area contributed by atoms with Crippen molar-refractivity contribution in [1.82, 2.24) is 0 Å². The minimum atomic E-state index is 0. The van der Waals surface area contributed by atoms with Crippen LogP contribution in [0.4, 0.5) is 0 Å². The summed E-state index contributed by atoms with van der Waals surface area (Å²) in [6.07, 6.45) is 23.8. The zero-order valence-electron chi connectivity index (χ0n) is 13.1. The van der Waals surface area contributed by atoms with Gasteiger partial charge in [0.25, 0.3) is 0 Å². The number of allylic oxidation sites excluding steroid dienone is 12. The van der Waals surface area contributed by atoms with E-state index >= 15 is 0 Å². The molecular formula is C20H12MnN4+2. The number of rotatable bonds is 0. The van der Waals surface area contributed by atoms with Gasteiger partial charge in [0.15, 0.2) is 0 Å². The second-order valence-corrected chi connectivity index (χ2v) is 5.76. The first-order chi connectivity index (χ1) is 11.8. The molecule has 0 amide bonds. The third-order valence-electron chi connectivity index (χ3n) is 3.92. The molecule has 5 aliphatic rings. The summed E-state index contributed by atoms with van der Waals surface area (Å²) in [5, 5.41) is 0. The van der Waals surface area contributed by atoms with Crippen molar-refractivity contribution in [1.29, 1.82) is 0 Å². The maximum atomic E-state index is 4.59. The van der Waals surface area contributed by atoms with Gasteiger partial charge in [0.1, 0.15) is 0 Å². The van der Waals surface area contributed by atoms with Gasteiger partial charge in [-0.15, -0.1) is 0 Å². The summed E-state index contributed by atoms with van der Waals surface area (Å²) in [4.78, 5) is 18.4. The Kier molecular flexibility index (Phi) is 3.88. The molecule has 0 aromatic heterocycles. The molecule has 0 N–H and O–H groups in total. The minimum absolute atomic E-state index is 0. The van der Waals surface area contributed by atoms with E-state index in [1.807, 2.05) is 72.9 Å². The molecule has 4 nitrogen and oxygen atoms in total. The normalized spacial score (nSPS) is 21.8. The molecule has 0 aromatic carbocycles. The Bertz CT molecular complexity index is 848. The third kappa shape index (κ3) is 3.20. The quantitative estimate of drug-likeness (QED) is 0.591. The summed E-state index contributed by atoms with van der Waals surface area (Å²) in [5.41, 5.74) is 7.15. The fraction of sp³-hybridized carbons (Fsp3) is 0. The van der Waals surface area contributed by atoms with Gasteiger partial charge in [0.05, 0.1) is 45.6 Å². The van der Waals surface area contributed by atoms with Crippen molar-refractivity contribution in [2.45, 2.75) is 0 Å². The Labute approximate surface area is 155 Å². The van der Waals surface area contributed by atoms with Gasteiger partial charge < -0.3 is 0 Å². The van der Waals surface area contributed by atoms with Crippen LogP contribution < -0.4 is 0 Å². The summed E-state index contributed by atoms with van der Waals surface area (Å²) in [5.74, 6) is 0. The first-order valence-corrected chi connectivity index (χ1v) is 7.74. The average Bonchev–Trinajstić information content (AvgIpc) is 3.32. The number of aliphatic imine (C=N–C) groups is 4. The van der Waals surface area contributed by atoms with Gasteiger partial charge in [-0.2, -0.15) is 0 Å². The smallest absolute Gasteiger partial charge is 0.249 e. The van der Waals surface area contributed by atoms with Crippen LogP contribution in [0.1, 0.15) is 0 Å². The molecule has 0 saturated heterocycles. The van der Waals surface area contributed by atoms with Crippen LogP contribution in [-0.4, -0.2) is 22.8 Å². The predicted molar refractivity (Wildman–Crippen MR) is 98.6 cm³/mol. The summed E-state index contributed by atoms with van der Waals surface area (Å²) >= 11 is 0. The van der Waals surface area contributed by atoms with E-state index in [-0.39, 0.29) is 17.1 Å². The summed E-state index contributed by atoms with van der Waals surface area (Å²) in [6, 6.07) is 0. The van der Waals surface area contributed by atoms with Crippen LogP contribution in [0.2, 0.25) is 0 Å². The molecule has 25 heavy (non-hydrogen) atoms. The molecular weight excluding hydrogens is 351 g/mol. The van der Waals surface area contributed by atoms with Crippen molar-refractivity contribution in [2.75, 3.05) is 0 Å². The number of nitrogens with zero attached hydrogens (tertiary/aromatic N) is 4. The van der Waals surface area contributed by atoms with Crippen molar-refractivity contribution in [3.8, 4) is 0 Å². The Balaban J connectivity index is 0.00000157. The topological polar surface area (TPSA) is 49.4 Å². The van der Waals surface area contributed by atoms with Gasteiger partial charge in [-0.25, -0.2) is 20.0 Å². The molecule has 0 aromatic rings. The summed E-state index contributed by atoms with van der Waals surface area (Å²) in [6.45, 7) is 0. The molecule has 5 rings (SSSR count). The molecule has 1 radical (unpaired) electrons. The van der Waals surface area contributed by atoms with Gasteiger partial charge in [-0.1, -0.05) is 0 Å². The molecule has 0 unspecified atom stereocenters. The monoisotopic (exact) mass is 363 g/mol. The van der Waals surface area contributed by atoms with E-state index < -0.39 is 0 Å². The zero-order valence-corrected chi connectivity index (χ0v) is 14.3. The standard InChI is InChI=1S/C20H12N4.Mn/c1-2-14-10-16-5-6-18(23-16)12-20-8-7-19(24-20)11-17-4-3-15(22-17)9-13(1)21-14;/h1-12H;/q;+2. The molecule has 5 heteroatoms. The van der Waals surface area contributed by atoms with Gasteiger partial charge in [-0.3, -0.25) is 0 Å². The van der Waals surface area contributed by atoms with E-state index in [4.69, 9.17) is 0 Å². The van der Waals surface area contributed by atoms with Crippen LogP contribution in [0, 0.1) is 0 Å². The van der Waals surface area contributed by atoms with Crippen LogP contribution in [0.3, 0.4) is 0 Å². The van der Waals surface area contributed by atoms with Crippen molar-refractivity contribution in [3.63, 3.8) is 0 Å². The van der Waals surface area contributed by atoms with Crippen molar-refractivity contribution < 1.29 is 17.1 Å². The van der Waals surface area contributed by atoms with E-state index in [9.17, 15) is 0 Å². The maximum absolute atomic E-state index is 4.59. The average molecular weight is 363 g/mol. The van der Waals surface area contributed by atoms with Crippen molar-refractivity contribution in [3.05, 3.63) is 95.7 Å². The Hall–Kier alpha value is -2.88. The zero-order chi connectivity index (χ0) is 15.9. The van der Waals surface area contributed by atoms with Crippen LogP contribution in [0.5, 0.6) is 0 Å². The molecule has 0 saturated carbocycles. The van der Waals surface area contributed by atoms with Crippen LogP contribution in [0.25, 0.3) is 0 Å². The van der Waals surface area contributed by atoms with E-state index in [1.165, 1.54) is 0 Å². The van der Waals surface area contributed by atoms with Gasteiger partial charge >= 0.3 is 17.1 Å². The second kappa shape index (κ2) is 6.20. The number of hydrogen-bond donors (Lipinski definition) is 0. The van der Waals surface area contributed by atoms with Crippen LogP contribution in [-0.2, 0) is 17.1 Å². The fourth-order valence-electron chi connectivity index (χ4n) is 2.83.